The monoisotopic (exact) mass is 359 g/mol. The third-order valence-corrected chi connectivity index (χ3v) is 4.33. The van der Waals surface area contributed by atoms with Gasteiger partial charge < -0.3 is 20.3 Å². The second-order valence-electron chi connectivity index (χ2n) is 5.05. The molecule has 9 heteroatoms. The van der Waals surface area contributed by atoms with Crippen LogP contribution in [0.1, 0.15) is 5.76 Å². The van der Waals surface area contributed by atoms with Crippen LogP contribution in [0.4, 0.5) is 0 Å². The highest BCUT2D eigenvalue weighted by atomic mass is 32.2. The van der Waals surface area contributed by atoms with Gasteiger partial charge in [0.05, 0.1) is 25.7 Å². The van der Waals surface area contributed by atoms with Crippen molar-refractivity contribution in [2.75, 3.05) is 18.7 Å². The number of hydrogen-bond donors (Lipinski definition) is 2. The smallest absolute Gasteiger partial charge is 0.230 e. The van der Waals surface area contributed by atoms with Gasteiger partial charge in [0.15, 0.2) is 5.82 Å². The van der Waals surface area contributed by atoms with Gasteiger partial charge in [0.2, 0.25) is 11.1 Å². The number of thioether (sulfide) groups is 1. The summed E-state index contributed by atoms with van der Waals surface area (Å²) in [5, 5.41) is 11.3. The Balaban J connectivity index is 1.58. The van der Waals surface area contributed by atoms with Crippen LogP contribution in [-0.2, 0) is 11.3 Å². The van der Waals surface area contributed by atoms with Crippen LogP contribution in [0.15, 0.2) is 52.2 Å². The number of rotatable bonds is 7. The van der Waals surface area contributed by atoms with Gasteiger partial charge in [-0.15, -0.1) is 10.2 Å². The molecule has 0 aliphatic rings. The molecule has 0 radical (unpaired) electrons. The molecule has 130 valence electrons. The lowest BCUT2D eigenvalue weighted by molar-refractivity contribution is -0.118. The number of ether oxygens (including phenoxy) is 1. The third-order valence-electron chi connectivity index (χ3n) is 3.39. The number of nitrogens with two attached hydrogens (primary N) is 1. The van der Waals surface area contributed by atoms with Crippen LogP contribution in [0.5, 0.6) is 5.75 Å². The molecule has 1 amide bonds. The van der Waals surface area contributed by atoms with Crippen molar-refractivity contribution in [1.29, 1.82) is 0 Å². The van der Waals surface area contributed by atoms with Crippen molar-refractivity contribution < 1.29 is 13.9 Å². The normalized spacial score (nSPS) is 10.6. The minimum absolute atomic E-state index is 0.143. The van der Waals surface area contributed by atoms with Crippen LogP contribution in [0.25, 0.3) is 11.4 Å². The number of aromatic nitrogens is 3. The number of amides is 1. The van der Waals surface area contributed by atoms with Crippen LogP contribution >= 0.6 is 11.8 Å². The first-order chi connectivity index (χ1) is 12.2. The Morgan fingerprint density at radius 1 is 1.32 bits per heavy atom. The molecular weight excluding hydrogens is 342 g/mol. The van der Waals surface area contributed by atoms with Gasteiger partial charge in [0, 0.05) is 5.56 Å². The Morgan fingerprint density at radius 2 is 2.12 bits per heavy atom. The number of carbonyl (C=O) groups is 1. The van der Waals surface area contributed by atoms with Crippen molar-refractivity contribution in [3.8, 4) is 17.1 Å². The topological polar surface area (TPSA) is 108 Å². The zero-order valence-electron chi connectivity index (χ0n) is 13.5. The molecule has 0 unspecified atom stereocenters. The molecule has 0 aliphatic heterocycles. The number of hydrogen-bond acceptors (Lipinski definition) is 7. The van der Waals surface area contributed by atoms with Crippen molar-refractivity contribution in [2.45, 2.75) is 11.7 Å². The molecule has 1 aromatic carbocycles. The predicted molar refractivity (Wildman–Crippen MR) is 93.4 cm³/mol. The van der Waals surface area contributed by atoms with E-state index in [2.05, 4.69) is 15.5 Å². The molecule has 2 aromatic heterocycles. The highest BCUT2D eigenvalue weighted by Gasteiger charge is 2.14. The Morgan fingerprint density at radius 3 is 2.80 bits per heavy atom. The van der Waals surface area contributed by atoms with Crippen LogP contribution in [0.2, 0.25) is 0 Å². The molecule has 0 spiro atoms. The van der Waals surface area contributed by atoms with Crippen molar-refractivity contribution in [3.05, 3.63) is 48.4 Å². The Labute approximate surface area is 148 Å². The lowest BCUT2D eigenvalue weighted by Crippen LogP contribution is -2.24. The zero-order chi connectivity index (χ0) is 17.6. The van der Waals surface area contributed by atoms with Gasteiger partial charge in [-0.1, -0.05) is 11.8 Å². The predicted octanol–water partition coefficient (Wildman–Crippen LogP) is 1.67. The summed E-state index contributed by atoms with van der Waals surface area (Å²) in [4.78, 5) is 11.9. The minimum Gasteiger partial charge on any atom is -0.497 e. The maximum atomic E-state index is 11.9. The molecule has 25 heavy (non-hydrogen) atoms. The molecule has 0 saturated carbocycles. The molecular formula is C16H17N5O3S. The highest BCUT2D eigenvalue weighted by Crippen LogP contribution is 2.23. The molecule has 3 rings (SSSR count). The largest absolute Gasteiger partial charge is 0.497 e. The summed E-state index contributed by atoms with van der Waals surface area (Å²) >= 11 is 1.21. The lowest BCUT2D eigenvalue weighted by atomic mass is 10.2. The first-order valence-electron chi connectivity index (χ1n) is 7.44. The molecule has 3 aromatic rings. The third kappa shape index (κ3) is 4.13. The summed E-state index contributed by atoms with van der Waals surface area (Å²) in [6, 6.07) is 10.9. The SMILES string of the molecule is COc1ccc(-c2nnc(SCC(=O)NCc3ccco3)n2N)cc1. The number of benzene rings is 1. The van der Waals surface area contributed by atoms with Crippen LogP contribution in [0.3, 0.4) is 0 Å². The number of nitrogen functional groups attached to an aromatic ring is 1. The Bertz CT molecular complexity index is 830. The number of carbonyl (C=O) groups excluding carboxylic acids is 1. The number of methoxy groups -OCH3 is 1. The van der Waals surface area contributed by atoms with E-state index < -0.39 is 0 Å². The van der Waals surface area contributed by atoms with E-state index in [-0.39, 0.29) is 11.7 Å². The summed E-state index contributed by atoms with van der Waals surface area (Å²) in [6.07, 6.45) is 1.56. The van der Waals surface area contributed by atoms with Crippen molar-refractivity contribution >= 4 is 17.7 Å². The van der Waals surface area contributed by atoms with Gasteiger partial charge in [-0.25, -0.2) is 4.68 Å². The number of nitrogens with zero attached hydrogens (tertiary/aromatic N) is 3. The molecule has 0 bridgehead atoms. The summed E-state index contributed by atoms with van der Waals surface area (Å²) in [5.41, 5.74) is 0.810. The van der Waals surface area contributed by atoms with Crippen LogP contribution < -0.4 is 15.9 Å². The van der Waals surface area contributed by atoms with Crippen molar-refractivity contribution in [3.63, 3.8) is 0 Å². The fraction of sp³-hybridized carbons (Fsp3) is 0.188. The molecule has 2 heterocycles. The van der Waals surface area contributed by atoms with Crippen LogP contribution in [0, 0.1) is 0 Å². The van der Waals surface area contributed by atoms with E-state index in [4.69, 9.17) is 15.0 Å². The second-order valence-corrected chi connectivity index (χ2v) is 5.99. The van der Waals surface area contributed by atoms with E-state index in [1.54, 1.807) is 25.5 Å². The average Bonchev–Trinajstić information content (AvgIpc) is 3.28. The van der Waals surface area contributed by atoms with Gasteiger partial charge >= 0.3 is 0 Å². The van der Waals surface area contributed by atoms with Gasteiger partial charge in [-0.05, 0) is 36.4 Å². The number of furan rings is 1. The van der Waals surface area contributed by atoms with Gasteiger partial charge in [0.1, 0.15) is 11.5 Å². The molecule has 0 atom stereocenters. The number of nitrogens with one attached hydrogen (secondary N) is 1. The van der Waals surface area contributed by atoms with E-state index in [1.807, 2.05) is 24.3 Å². The molecule has 3 N–H and O–H groups in total. The average molecular weight is 359 g/mol. The van der Waals surface area contributed by atoms with E-state index in [9.17, 15) is 4.79 Å². The van der Waals surface area contributed by atoms with E-state index in [1.165, 1.54) is 16.4 Å². The first-order valence-corrected chi connectivity index (χ1v) is 8.42. The standard InChI is InChI=1S/C16H17N5O3S/c1-23-12-6-4-11(5-7-12)15-19-20-16(21(15)17)25-10-14(22)18-9-13-3-2-8-24-13/h2-8H,9-10,17H2,1H3,(H,18,22). The van der Waals surface area contributed by atoms with Gasteiger partial charge in [0.25, 0.3) is 0 Å². The maximum Gasteiger partial charge on any atom is 0.230 e. The van der Waals surface area contributed by atoms with E-state index in [0.717, 1.165) is 11.3 Å². The molecule has 8 nitrogen and oxygen atoms in total. The fourth-order valence-electron chi connectivity index (χ4n) is 2.09. The first kappa shape index (κ1) is 16.9. The minimum atomic E-state index is -0.143. The van der Waals surface area contributed by atoms with Gasteiger partial charge in [-0.3, -0.25) is 4.79 Å². The van der Waals surface area contributed by atoms with Crippen LogP contribution in [-0.4, -0.2) is 33.6 Å². The Kier molecular flexibility index (Phi) is 5.24. The lowest BCUT2D eigenvalue weighted by Gasteiger charge is -2.05. The van der Waals surface area contributed by atoms with Crippen molar-refractivity contribution in [1.82, 2.24) is 20.2 Å². The summed E-state index contributed by atoms with van der Waals surface area (Å²) < 4.78 is 11.7. The molecule has 0 aliphatic carbocycles. The highest BCUT2D eigenvalue weighted by molar-refractivity contribution is 7.99. The summed E-state index contributed by atoms with van der Waals surface area (Å²) in [6.45, 7) is 0.346. The molecule has 0 saturated heterocycles. The van der Waals surface area contributed by atoms with E-state index in [0.29, 0.717) is 23.3 Å². The Hall–Kier alpha value is -2.94. The van der Waals surface area contributed by atoms with Gasteiger partial charge in [-0.2, -0.15) is 0 Å². The summed E-state index contributed by atoms with van der Waals surface area (Å²) in [5.74, 6) is 8.03. The van der Waals surface area contributed by atoms with E-state index >= 15 is 0 Å². The zero-order valence-corrected chi connectivity index (χ0v) is 14.3. The second kappa shape index (κ2) is 7.75. The molecule has 0 fully saturated rings. The fourth-order valence-corrected chi connectivity index (χ4v) is 2.78. The quantitative estimate of drug-likeness (QED) is 0.488. The summed E-state index contributed by atoms with van der Waals surface area (Å²) in [7, 11) is 1.60. The van der Waals surface area contributed by atoms with Crippen molar-refractivity contribution in [2.24, 2.45) is 0 Å². The maximum absolute atomic E-state index is 11.9.